The minimum Gasteiger partial charge on any atom is -0.479 e. The average molecular weight is 289 g/mol. The van der Waals surface area contributed by atoms with Gasteiger partial charge in [-0.3, -0.25) is 10.1 Å². The molecule has 0 fully saturated rings. The molecule has 8 heteroatoms. The minimum atomic E-state index is -0.464. The summed E-state index contributed by atoms with van der Waals surface area (Å²) >= 11 is 0. The normalized spacial score (nSPS) is 10.2. The van der Waals surface area contributed by atoms with E-state index in [2.05, 4.69) is 15.4 Å². The standard InChI is InChI=1S/C13H15N5O3/c1-8-4-3-5-10(13(8)18(19)20)21-7-12-15-9(2)6-11(16-12)17-14/h3-6H,7,14H2,1-2H3,(H,15,16,17). The molecule has 0 spiro atoms. The second-order valence-corrected chi connectivity index (χ2v) is 4.42. The van der Waals surface area contributed by atoms with Gasteiger partial charge in [0.2, 0.25) is 0 Å². The van der Waals surface area contributed by atoms with Crippen LogP contribution in [0.25, 0.3) is 0 Å². The van der Waals surface area contributed by atoms with Crippen molar-refractivity contribution in [2.75, 3.05) is 5.43 Å². The molecular weight excluding hydrogens is 274 g/mol. The van der Waals surface area contributed by atoms with E-state index < -0.39 is 4.92 Å². The summed E-state index contributed by atoms with van der Waals surface area (Å²) in [6.45, 7) is 3.46. The number of ether oxygens (including phenoxy) is 1. The van der Waals surface area contributed by atoms with Crippen molar-refractivity contribution < 1.29 is 9.66 Å². The Morgan fingerprint density at radius 3 is 2.81 bits per heavy atom. The second-order valence-electron chi connectivity index (χ2n) is 4.42. The third kappa shape index (κ3) is 3.42. The lowest BCUT2D eigenvalue weighted by atomic mass is 10.2. The molecule has 0 saturated carbocycles. The fourth-order valence-corrected chi connectivity index (χ4v) is 1.89. The van der Waals surface area contributed by atoms with Crippen molar-refractivity contribution in [3.63, 3.8) is 0 Å². The largest absolute Gasteiger partial charge is 0.479 e. The summed E-state index contributed by atoms with van der Waals surface area (Å²) in [6, 6.07) is 6.58. The number of aryl methyl sites for hydroxylation is 2. The molecule has 21 heavy (non-hydrogen) atoms. The number of rotatable bonds is 5. The van der Waals surface area contributed by atoms with Crippen molar-refractivity contribution in [3.05, 3.63) is 51.5 Å². The molecule has 0 amide bonds. The van der Waals surface area contributed by atoms with Crippen LogP contribution in [0.1, 0.15) is 17.1 Å². The van der Waals surface area contributed by atoms with Crippen LogP contribution in [0, 0.1) is 24.0 Å². The van der Waals surface area contributed by atoms with Crippen LogP contribution in [-0.2, 0) is 6.61 Å². The molecule has 2 rings (SSSR count). The van der Waals surface area contributed by atoms with Crippen molar-refractivity contribution in [2.45, 2.75) is 20.5 Å². The monoisotopic (exact) mass is 289 g/mol. The predicted molar refractivity (Wildman–Crippen MR) is 76.7 cm³/mol. The molecule has 0 radical (unpaired) electrons. The first-order valence-corrected chi connectivity index (χ1v) is 6.19. The van der Waals surface area contributed by atoms with Gasteiger partial charge in [-0.1, -0.05) is 12.1 Å². The van der Waals surface area contributed by atoms with Crippen LogP contribution in [0.2, 0.25) is 0 Å². The summed E-state index contributed by atoms with van der Waals surface area (Å²) in [5.74, 6) is 6.34. The molecule has 1 aromatic heterocycles. The molecule has 2 aromatic rings. The minimum absolute atomic E-state index is 0.0145. The Hall–Kier alpha value is -2.74. The summed E-state index contributed by atoms with van der Waals surface area (Å²) in [7, 11) is 0. The molecule has 1 heterocycles. The Labute approximate surface area is 121 Å². The number of benzene rings is 1. The van der Waals surface area contributed by atoms with Gasteiger partial charge >= 0.3 is 5.69 Å². The summed E-state index contributed by atoms with van der Waals surface area (Å²) < 4.78 is 5.48. The zero-order valence-corrected chi connectivity index (χ0v) is 11.7. The molecule has 0 saturated heterocycles. The predicted octanol–water partition coefficient (Wildman–Crippen LogP) is 1.87. The Bertz CT molecular complexity index is 675. The van der Waals surface area contributed by atoms with Crippen LogP contribution in [0.3, 0.4) is 0 Å². The van der Waals surface area contributed by atoms with E-state index in [0.29, 0.717) is 17.2 Å². The van der Waals surface area contributed by atoms with Gasteiger partial charge < -0.3 is 10.2 Å². The van der Waals surface area contributed by atoms with Gasteiger partial charge in [-0.05, 0) is 19.9 Å². The fourth-order valence-electron chi connectivity index (χ4n) is 1.89. The van der Waals surface area contributed by atoms with Gasteiger partial charge in [0.25, 0.3) is 0 Å². The maximum absolute atomic E-state index is 11.1. The maximum Gasteiger partial charge on any atom is 0.313 e. The molecule has 0 unspecified atom stereocenters. The highest BCUT2D eigenvalue weighted by Gasteiger charge is 2.18. The van der Waals surface area contributed by atoms with Gasteiger partial charge in [0, 0.05) is 17.3 Å². The zero-order valence-electron chi connectivity index (χ0n) is 11.7. The number of nitrogens with one attached hydrogen (secondary N) is 1. The third-order valence-electron chi connectivity index (χ3n) is 2.79. The summed E-state index contributed by atoms with van der Waals surface area (Å²) in [4.78, 5) is 18.9. The van der Waals surface area contributed by atoms with Crippen LogP contribution in [0.15, 0.2) is 24.3 Å². The van der Waals surface area contributed by atoms with E-state index in [1.165, 1.54) is 0 Å². The van der Waals surface area contributed by atoms with E-state index in [-0.39, 0.29) is 18.0 Å². The van der Waals surface area contributed by atoms with Gasteiger partial charge in [-0.15, -0.1) is 0 Å². The van der Waals surface area contributed by atoms with E-state index in [9.17, 15) is 10.1 Å². The van der Waals surface area contributed by atoms with Gasteiger partial charge in [-0.2, -0.15) is 0 Å². The molecule has 1 aromatic carbocycles. The molecule has 0 bridgehead atoms. The third-order valence-corrected chi connectivity index (χ3v) is 2.79. The lowest BCUT2D eigenvalue weighted by Crippen LogP contribution is -2.12. The van der Waals surface area contributed by atoms with Crippen LogP contribution >= 0.6 is 0 Å². The topological polar surface area (TPSA) is 116 Å². The molecular formula is C13H15N5O3. The Morgan fingerprint density at radius 1 is 1.38 bits per heavy atom. The SMILES string of the molecule is Cc1cc(NN)nc(COc2cccc(C)c2[N+](=O)[O-])n1. The highest BCUT2D eigenvalue weighted by molar-refractivity contribution is 5.52. The second kappa shape index (κ2) is 6.14. The first-order valence-electron chi connectivity index (χ1n) is 6.19. The fraction of sp³-hybridized carbons (Fsp3) is 0.231. The van der Waals surface area contributed by atoms with Crippen LogP contribution in [-0.4, -0.2) is 14.9 Å². The molecule has 3 N–H and O–H groups in total. The van der Waals surface area contributed by atoms with Crippen molar-refractivity contribution in [3.8, 4) is 5.75 Å². The zero-order chi connectivity index (χ0) is 15.4. The molecule has 110 valence electrons. The first-order chi connectivity index (χ1) is 10.0. The number of para-hydroxylation sites is 1. The number of anilines is 1. The lowest BCUT2D eigenvalue weighted by Gasteiger charge is -2.09. The van der Waals surface area contributed by atoms with E-state index in [1.807, 2.05) is 0 Å². The number of nitrogen functional groups attached to an aromatic ring is 1. The molecule has 8 nitrogen and oxygen atoms in total. The van der Waals surface area contributed by atoms with E-state index in [1.54, 1.807) is 38.1 Å². The van der Waals surface area contributed by atoms with Crippen molar-refractivity contribution >= 4 is 11.5 Å². The van der Waals surface area contributed by atoms with Crippen molar-refractivity contribution in [1.29, 1.82) is 0 Å². The van der Waals surface area contributed by atoms with E-state index in [4.69, 9.17) is 10.6 Å². The summed E-state index contributed by atoms with van der Waals surface area (Å²) in [5, 5.41) is 11.1. The number of hydrazine groups is 1. The smallest absolute Gasteiger partial charge is 0.313 e. The van der Waals surface area contributed by atoms with Gasteiger partial charge in [0.1, 0.15) is 12.4 Å². The Balaban J connectivity index is 2.23. The lowest BCUT2D eigenvalue weighted by molar-refractivity contribution is -0.386. The molecule has 0 atom stereocenters. The van der Waals surface area contributed by atoms with Crippen LogP contribution < -0.4 is 16.0 Å². The number of aromatic nitrogens is 2. The molecule has 0 aliphatic rings. The van der Waals surface area contributed by atoms with Crippen molar-refractivity contribution in [1.82, 2.24) is 9.97 Å². The van der Waals surface area contributed by atoms with Gasteiger partial charge in [-0.25, -0.2) is 15.8 Å². The quantitative estimate of drug-likeness (QED) is 0.490. The van der Waals surface area contributed by atoms with Crippen LogP contribution in [0.5, 0.6) is 5.75 Å². The average Bonchev–Trinajstić information content (AvgIpc) is 2.44. The van der Waals surface area contributed by atoms with Crippen molar-refractivity contribution in [2.24, 2.45) is 5.84 Å². The number of nitrogens with two attached hydrogens (primary N) is 1. The van der Waals surface area contributed by atoms with E-state index in [0.717, 1.165) is 5.69 Å². The highest BCUT2D eigenvalue weighted by Crippen LogP contribution is 2.30. The summed E-state index contributed by atoms with van der Waals surface area (Å²) in [6.07, 6.45) is 0. The first kappa shape index (κ1) is 14.7. The van der Waals surface area contributed by atoms with Gasteiger partial charge in [0.15, 0.2) is 11.6 Å². The van der Waals surface area contributed by atoms with Gasteiger partial charge in [0.05, 0.1) is 4.92 Å². The summed E-state index contributed by atoms with van der Waals surface area (Å²) in [5.41, 5.74) is 3.63. The maximum atomic E-state index is 11.1. The number of hydrogen-bond acceptors (Lipinski definition) is 7. The highest BCUT2D eigenvalue weighted by atomic mass is 16.6. The van der Waals surface area contributed by atoms with Crippen LogP contribution in [0.4, 0.5) is 11.5 Å². The Morgan fingerprint density at radius 2 is 2.14 bits per heavy atom. The molecule has 0 aliphatic heterocycles. The number of nitrogens with zero attached hydrogens (tertiary/aromatic N) is 3. The number of nitro groups is 1. The Kier molecular flexibility index (Phi) is 4.29. The number of nitro benzene ring substituents is 1. The van der Waals surface area contributed by atoms with E-state index >= 15 is 0 Å². The molecule has 0 aliphatic carbocycles. The number of hydrogen-bond donors (Lipinski definition) is 2.